The number of methoxy groups -OCH3 is 3. The van der Waals surface area contributed by atoms with Crippen LogP contribution in [0.3, 0.4) is 0 Å². The number of benzene rings is 2. The topological polar surface area (TPSA) is 54.5 Å². The molecule has 2 fully saturated rings. The molecule has 38 heavy (non-hydrogen) atoms. The highest BCUT2D eigenvalue weighted by molar-refractivity contribution is 5.78. The van der Waals surface area contributed by atoms with Gasteiger partial charge in [0.25, 0.3) is 0 Å². The van der Waals surface area contributed by atoms with Crippen molar-refractivity contribution in [2.24, 2.45) is 0 Å². The van der Waals surface area contributed by atoms with Crippen molar-refractivity contribution in [1.82, 2.24) is 14.7 Å². The van der Waals surface area contributed by atoms with Gasteiger partial charge in [-0.15, -0.1) is 13.2 Å². The predicted molar refractivity (Wildman–Crippen MR) is 152 cm³/mol. The molecule has 7 heteroatoms. The molecule has 0 radical (unpaired) electrons. The van der Waals surface area contributed by atoms with Gasteiger partial charge in [0.2, 0.25) is 11.7 Å². The highest BCUT2D eigenvalue weighted by Crippen LogP contribution is 2.41. The van der Waals surface area contributed by atoms with E-state index in [4.69, 9.17) is 14.2 Å². The monoisotopic (exact) mass is 521 g/mol. The molecule has 2 aliphatic heterocycles. The highest BCUT2D eigenvalue weighted by atomic mass is 16.5. The Morgan fingerprint density at radius 2 is 1.50 bits per heavy atom. The summed E-state index contributed by atoms with van der Waals surface area (Å²) in [4.78, 5) is 20.0. The Kier molecular flexibility index (Phi) is 9.69. The number of piperazine rings is 1. The molecule has 0 spiro atoms. The summed E-state index contributed by atoms with van der Waals surface area (Å²) in [5.41, 5.74) is 4.80. The lowest BCUT2D eigenvalue weighted by atomic mass is 9.94. The van der Waals surface area contributed by atoms with Crippen molar-refractivity contribution < 1.29 is 19.0 Å². The lowest BCUT2D eigenvalue weighted by molar-refractivity contribution is -0.134. The molecule has 2 heterocycles. The van der Waals surface area contributed by atoms with Crippen LogP contribution < -0.4 is 14.2 Å². The largest absolute Gasteiger partial charge is 0.493 e. The molecule has 1 saturated heterocycles. The van der Waals surface area contributed by atoms with Crippen LogP contribution in [0.4, 0.5) is 0 Å². The summed E-state index contributed by atoms with van der Waals surface area (Å²) in [6.07, 6.45) is 6.34. The van der Waals surface area contributed by atoms with Crippen LogP contribution in [0.1, 0.15) is 36.8 Å². The lowest BCUT2D eigenvalue weighted by Gasteiger charge is -2.39. The van der Waals surface area contributed by atoms with E-state index in [9.17, 15) is 4.79 Å². The van der Waals surface area contributed by atoms with Gasteiger partial charge in [-0.3, -0.25) is 14.6 Å². The van der Waals surface area contributed by atoms with Gasteiger partial charge in [0.05, 0.1) is 27.9 Å². The molecule has 0 unspecified atom stereocenters. The number of hydrogen-bond acceptors (Lipinski definition) is 6. The number of nitrogens with zero attached hydrogens (tertiary/aromatic N) is 3. The molecule has 0 bridgehead atoms. The van der Waals surface area contributed by atoms with Gasteiger partial charge in [-0.2, -0.15) is 0 Å². The number of ether oxygens (including phenoxy) is 3. The molecule has 1 aliphatic carbocycles. The number of hydrogen-bond donors (Lipinski definition) is 0. The van der Waals surface area contributed by atoms with Gasteiger partial charge in [0, 0.05) is 45.3 Å². The molecule has 2 aromatic carbocycles. The number of carbonyl (C=O) groups excluding carboxylic acids is 1. The first kappa shape index (κ1) is 28.0. The maximum atomic E-state index is 13.1. The van der Waals surface area contributed by atoms with Gasteiger partial charge < -0.3 is 19.1 Å². The second-order valence-electron chi connectivity index (χ2n) is 10.2. The van der Waals surface area contributed by atoms with Crippen molar-refractivity contribution in [3.63, 3.8) is 0 Å². The summed E-state index contributed by atoms with van der Waals surface area (Å²) in [6, 6.07) is 11.3. The van der Waals surface area contributed by atoms with Crippen LogP contribution in [0.25, 0.3) is 11.1 Å². The van der Waals surface area contributed by atoms with Crippen molar-refractivity contribution in [2.75, 3.05) is 60.6 Å². The van der Waals surface area contributed by atoms with E-state index < -0.39 is 0 Å². The third-order valence-corrected chi connectivity index (χ3v) is 8.16. The molecule has 0 aromatic heterocycles. The van der Waals surface area contributed by atoms with Crippen LogP contribution in [0.2, 0.25) is 0 Å². The third-order valence-electron chi connectivity index (χ3n) is 8.16. The van der Waals surface area contributed by atoms with E-state index in [-0.39, 0.29) is 5.91 Å². The summed E-state index contributed by atoms with van der Waals surface area (Å²) in [6.45, 7) is 12.0. The Morgan fingerprint density at radius 3 is 2.11 bits per heavy atom. The van der Waals surface area contributed by atoms with Crippen molar-refractivity contribution in [2.45, 2.75) is 44.7 Å². The molecular formula is C31H43N3O4. The van der Waals surface area contributed by atoms with E-state index in [2.05, 4.69) is 46.1 Å². The highest BCUT2D eigenvalue weighted by Gasteiger charge is 2.29. The van der Waals surface area contributed by atoms with Gasteiger partial charge in [0.1, 0.15) is 0 Å². The van der Waals surface area contributed by atoms with Crippen LogP contribution in [-0.2, 0) is 17.8 Å². The van der Waals surface area contributed by atoms with Crippen LogP contribution >= 0.6 is 0 Å². The molecule has 1 amide bonds. The molecule has 5 rings (SSSR count). The molecule has 1 saturated carbocycles. The van der Waals surface area contributed by atoms with Crippen molar-refractivity contribution in [3.05, 3.63) is 54.6 Å². The summed E-state index contributed by atoms with van der Waals surface area (Å²) < 4.78 is 16.5. The first-order valence-electron chi connectivity index (χ1n) is 13.8. The van der Waals surface area contributed by atoms with E-state index in [1.54, 1.807) is 21.3 Å². The van der Waals surface area contributed by atoms with E-state index in [1.165, 1.54) is 36.8 Å². The van der Waals surface area contributed by atoms with E-state index >= 15 is 0 Å². The molecular weight excluding hydrogens is 478 g/mol. The van der Waals surface area contributed by atoms with Gasteiger partial charge in [-0.05, 0) is 53.6 Å². The van der Waals surface area contributed by atoms with Crippen molar-refractivity contribution >= 4 is 5.91 Å². The van der Waals surface area contributed by atoms with Crippen molar-refractivity contribution in [1.29, 1.82) is 0 Å². The second-order valence-corrected chi connectivity index (χ2v) is 10.2. The SMILES string of the molecule is C=C.COc1cc(-c2ccc3c(c2)CCN(CC(=O)N2CCN(C4CCCC4)CC2)C3)cc(OC)c1OC. The zero-order chi connectivity index (χ0) is 27.1. The zero-order valence-corrected chi connectivity index (χ0v) is 23.3. The standard InChI is InChI=1S/C29H39N3O4.C2H4/c1-34-26-17-24(18-27(35-2)29(26)36-3)21-8-9-23-19-30(11-10-22(23)16-21)20-28(33)32-14-12-31(13-15-32)25-6-4-5-7-25;1-2/h8-9,16-18,25H,4-7,10-15,19-20H2,1-3H3;1-2H2. The molecule has 3 aliphatic rings. The third kappa shape index (κ3) is 6.16. The number of rotatable bonds is 7. The maximum absolute atomic E-state index is 13.1. The number of carbonyl (C=O) groups is 1. The fourth-order valence-electron chi connectivity index (χ4n) is 6.07. The average Bonchev–Trinajstić information content (AvgIpc) is 3.52. The van der Waals surface area contributed by atoms with E-state index in [1.807, 2.05) is 12.1 Å². The minimum absolute atomic E-state index is 0.276. The Balaban J connectivity index is 0.00000164. The predicted octanol–water partition coefficient (Wildman–Crippen LogP) is 4.63. The second kappa shape index (κ2) is 13.2. The van der Waals surface area contributed by atoms with E-state index in [0.29, 0.717) is 23.8 Å². The Bertz CT molecular complexity index is 1070. The molecule has 7 nitrogen and oxygen atoms in total. The Morgan fingerprint density at radius 1 is 0.842 bits per heavy atom. The average molecular weight is 522 g/mol. The Hall–Kier alpha value is -3.03. The minimum Gasteiger partial charge on any atom is -0.493 e. The molecule has 0 atom stereocenters. The van der Waals surface area contributed by atoms with Crippen LogP contribution in [0, 0.1) is 0 Å². The van der Waals surface area contributed by atoms with Crippen LogP contribution in [-0.4, -0.2) is 87.2 Å². The smallest absolute Gasteiger partial charge is 0.236 e. The lowest BCUT2D eigenvalue weighted by Crippen LogP contribution is -2.53. The maximum Gasteiger partial charge on any atom is 0.236 e. The normalized spacial score (nSPS) is 18.3. The summed E-state index contributed by atoms with van der Waals surface area (Å²) in [5, 5.41) is 0. The first-order valence-corrected chi connectivity index (χ1v) is 13.8. The zero-order valence-electron chi connectivity index (χ0n) is 23.3. The summed E-state index contributed by atoms with van der Waals surface area (Å²) in [5.74, 6) is 2.18. The van der Waals surface area contributed by atoms with Gasteiger partial charge in [-0.25, -0.2) is 0 Å². The minimum atomic E-state index is 0.276. The van der Waals surface area contributed by atoms with Crippen LogP contribution in [0.5, 0.6) is 17.2 Å². The van der Waals surface area contributed by atoms with Crippen molar-refractivity contribution in [3.8, 4) is 28.4 Å². The quantitative estimate of drug-likeness (QED) is 0.496. The molecule has 0 N–H and O–H groups in total. The number of fused-ring (bicyclic) bond motifs is 1. The first-order chi connectivity index (χ1) is 18.6. The summed E-state index contributed by atoms with van der Waals surface area (Å²) >= 11 is 0. The van der Waals surface area contributed by atoms with Gasteiger partial charge in [0.15, 0.2) is 11.5 Å². The number of amides is 1. The van der Waals surface area contributed by atoms with Crippen LogP contribution in [0.15, 0.2) is 43.5 Å². The van der Waals surface area contributed by atoms with Gasteiger partial charge >= 0.3 is 0 Å². The fraction of sp³-hybridized carbons (Fsp3) is 0.516. The van der Waals surface area contributed by atoms with E-state index in [0.717, 1.165) is 62.9 Å². The Labute approximate surface area is 228 Å². The summed E-state index contributed by atoms with van der Waals surface area (Å²) in [7, 11) is 4.89. The molecule has 2 aromatic rings. The molecule has 206 valence electrons. The van der Waals surface area contributed by atoms with Gasteiger partial charge in [-0.1, -0.05) is 31.0 Å². The fourth-order valence-corrected chi connectivity index (χ4v) is 6.07.